The van der Waals surface area contributed by atoms with Crippen molar-refractivity contribution >= 4 is 34.3 Å². The topological polar surface area (TPSA) is 57.7 Å². The summed E-state index contributed by atoms with van der Waals surface area (Å²) in [6.45, 7) is 0. The molecule has 0 amide bonds. The molecular formula is C12H10ClN5. The number of aromatic amines is 1. The lowest BCUT2D eigenvalue weighted by Gasteiger charge is -2.18. The SMILES string of the molecule is CN(c1ccccc1)c1nc(Cl)nc2nc[nH]c12. The van der Waals surface area contributed by atoms with E-state index in [0.29, 0.717) is 11.5 Å². The molecule has 6 heteroatoms. The summed E-state index contributed by atoms with van der Waals surface area (Å²) in [7, 11) is 1.92. The molecule has 90 valence electrons. The number of aromatic nitrogens is 4. The van der Waals surface area contributed by atoms with Gasteiger partial charge in [0.2, 0.25) is 5.28 Å². The number of imidazole rings is 1. The molecule has 0 fully saturated rings. The number of anilines is 2. The fraction of sp³-hybridized carbons (Fsp3) is 0.0833. The van der Waals surface area contributed by atoms with Gasteiger partial charge in [-0.1, -0.05) is 18.2 Å². The largest absolute Gasteiger partial charge is 0.340 e. The van der Waals surface area contributed by atoms with Gasteiger partial charge in [0.1, 0.15) is 5.52 Å². The number of para-hydroxylation sites is 1. The molecular weight excluding hydrogens is 250 g/mol. The molecule has 2 aromatic heterocycles. The van der Waals surface area contributed by atoms with Crippen molar-refractivity contribution in [3.05, 3.63) is 41.9 Å². The number of hydrogen-bond donors (Lipinski definition) is 1. The van der Waals surface area contributed by atoms with Crippen molar-refractivity contribution in [2.75, 3.05) is 11.9 Å². The molecule has 3 aromatic rings. The van der Waals surface area contributed by atoms with E-state index < -0.39 is 0 Å². The Labute approximate surface area is 108 Å². The van der Waals surface area contributed by atoms with Crippen LogP contribution in [-0.4, -0.2) is 27.0 Å². The van der Waals surface area contributed by atoms with Crippen LogP contribution in [0.15, 0.2) is 36.7 Å². The van der Waals surface area contributed by atoms with Crippen LogP contribution in [0.4, 0.5) is 11.5 Å². The maximum atomic E-state index is 5.91. The Morgan fingerprint density at radius 2 is 1.94 bits per heavy atom. The predicted molar refractivity (Wildman–Crippen MR) is 71.2 cm³/mol. The highest BCUT2D eigenvalue weighted by Gasteiger charge is 2.13. The third-order valence-corrected chi connectivity index (χ3v) is 2.87. The zero-order chi connectivity index (χ0) is 12.5. The molecule has 0 unspecified atom stereocenters. The predicted octanol–water partition coefficient (Wildman–Crippen LogP) is 2.77. The van der Waals surface area contributed by atoms with Crippen LogP contribution in [-0.2, 0) is 0 Å². The smallest absolute Gasteiger partial charge is 0.226 e. The summed E-state index contributed by atoms with van der Waals surface area (Å²) >= 11 is 5.91. The van der Waals surface area contributed by atoms with E-state index in [-0.39, 0.29) is 5.28 Å². The normalized spacial score (nSPS) is 10.8. The number of H-pyrrole nitrogens is 1. The van der Waals surface area contributed by atoms with Gasteiger partial charge in [0.15, 0.2) is 11.5 Å². The molecule has 0 aliphatic heterocycles. The Balaban J connectivity index is 2.17. The summed E-state index contributed by atoms with van der Waals surface area (Å²) in [5.41, 5.74) is 2.35. The zero-order valence-electron chi connectivity index (χ0n) is 9.63. The minimum Gasteiger partial charge on any atom is -0.340 e. The van der Waals surface area contributed by atoms with Gasteiger partial charge in [-0.15, -0.1) is 0 Å². The Kier molecular flexibility index (Phi) is 2.60. The number of hydrogen-bond acceptors (Lipinski definition) is 4. The van der Waals surface area contributed by atoms with E-state index in [2.05, 4.69) is 19.9 Å². The van der Waals surface area contributed by atoms with Crippen molar-refractivity contribution in [1.82, 2.24) is 19.9 Å². The second-order valence-electron chi connectivity index (χ2n) is 3.81. The Bertz CT molecular complexity index is 679. The van der Waals surface area contributed by atoms with E-state index in [1.807, 2.05) is 42.3 Å². The molecule has 0 aliphatic carbocycles. The molecule has 0 bridgehead atoms. The first-order valence-corrected chi connectivity index (χ1v) is 5.79. The number of nitrogens with zero attached hydrogens (tertiary/aromatic N) is 4. The van der Waals surface area contributed by atoms with Crippen LogP contribution in [0, 0.1) is 0 Å². The first-order valence-electron chi connectivity index (χ1n) is 5.41. The van der Waals surface area contributed by atoms with E-state index in [0.717, 1.165) is 11.2 Å². The molecule has 2 heterocycles. The van der Waals surface area contributed by atoms with Gasteiger partial charge in [0.05, 0.1) is 6.33 Å². The summed E-state index contributed by atoms with van der Waals surface area (Å²) in [4.78, 5) is 17.4. The molecule has 0 spiro atoms. The highest BCUT2D eigenvalue weighted by Crippen LogP contribution is 2.27. The van der Waals surface area contributed by atoms with Gasteiger partial charge in [-0.2, -0.15) is 9.97 Å². The summed E-state index contributed by atoms with van der Waals surface area (Å²) < 4.78 is 0. The van der Waals surface area contributed by atoms with Crippen molar-refractivity contribution in [1.29, 1.82) is 0 Å². The zero-order valence-corrected chi connectivity index (χ0v) is 10.4. The summed E-state index contributed by atoms with van der Waals surface area (Å²) in [5.74, 6) is 0.703. The van der Waals surface area contributed by atoms with Gasteiger partial charge in [-0.25, -0.2) is 4.98 Å². The molecule has 0 atom stereocenters. The lowest BCUT2D eigenvalue weighted by atomic mass is 10.3. The lowest BCUT2D eigenvalue weighted by Crippen LogP contribution is -2.12. The maximum Gasteiger partial charge on any atom is 0.226 e. The quantitative estimate of drug-likeness (QED) is 0.719. The van der Waals surface area contributed by atoms with Crippen LogP contribution in [0.2, 0.25) is 5.28 Å². The van der Waals surface area contributed by atoms with E-state index >= 15 is 0 Å². The Hall–Kier alpha value is -2.14. The van der Waals surface area contributed by atoms with Crippen molar-refractivity contribution in [2.45, 2.75) is 0 Å². The van der Waals surface area contributed by atoms with Gasteiger partial charge in [-0.05, 0) is 23.7 Å². The highest BCUT2D eigenvalue weighted by molar-refractivity contribution is 6.28. The first kappa shape index (κ1) is 11.0. The summed E-state index contributed by atoms with van der Waals surface area (Å²) in [6, 6.07) is 9.91. The van der Waals surface area contributed by atoms with Crippen LogP contribution in [0.25, 0.3) is 11.2 Å². The summed E-state index contributed by atoms with van der Waals surface area (Å²) in [5, 5.41) is 0.187. The van der Waals surface area contributed by atoms with Crippen molar-refractivity contribution in [2.24, 2.45) is 0 Å². The van der Waals surface area contributed by atoms with Gasteiger partial charge >= 0.3 is 0 Å². The number of benzene rings is 1. The van der Waals surface area contributed by atoms with Crippen molar-refractivity contribution in [3.63, 3.8) is 0 Å². The van der Waals surface area contributed by atoms with Crippen LogP contribution < -0.4 is 4.90 Å². The first-order chi connectivity index (χ1) is 8.75. The maximum absolute atomic E-state index is 5.91. The molecule has 0 aliphatic rings. The van der Waals surface area contributed by atoms with Crippen molar-refractivity contribution < 1.29 is 0 Å². The second-order valence-corrected chi connectivity index (χ2v) is 4.15. The van der Waals surface area contributed by atoms with Gasteiger partial charge in [0.25, 0.3) is 0 Å². The minimum atomic E-state index is 0.187. The molecule has 0 radical (unpaired) electrons. The van der Waals surface area contributed by atoms with Crippen LogP contribution >= 0.6 is 11.6 Å². The van der Waals surface area contributed by atoms with Gasteiger partial charge in [-0.3, -0.25) is 0 Å². The fourth-order valence-corrected chi connectivity index (χ4v) is 1.97. The monoisotopic (exact) mass is 259 g/mol. The van der Waals surface area contributed by atoms with Gasteiger partial charge < -0.3 is 9.88 Å². The third kappa shape index (κ3) is 1.78. The van der Waals surface area contributed by atoms with Crippen LogP contribution in [0.5, 0.6) is 0 Å². The summed E-state index contributed by atoms with van der Waals surface area (Å²) in [6.07, 6.45) is 1.58. The highest BCUT2D eigenvalue weighted by atomic mass is 35.5. The van der Waals surface area contributed by atoms with E-state index in [1.54, 1.807) is 6.33 Å². The molecule has 3 rings (SSSR count). The Morgan fingerprint density at radius 1 is 1.17 bits per heavy atom. The average molecular weight is 260 g/mol. The minimum absolute atomic E-state index is 0.187. The molecule has 1 N–H and O–H groups in total. The molecule has 18 heavy (non-hydrogen) atoms. The Morgan fingerprint density at radius 3 is 2.72 bits per heavy atom. The average Bonchev–Trinajstić information content (AvgIpc) is 2.86. The van der Waals surface area contributed by atoms with E-state index in [4.69, 9.17) is 11.6 Å². The van der Waals surface area contributed by atoms with E-state index in [1.165, 1.54) is 0 Å². The molecule has 5 nitrogen and oxygen atoms in total. The van der Waals surface area contributed by atoms with Crippen LogP contribution in [0.3, 0.4) is 0 Å². The number of halogens is 1. The number of fused-ring (bicyclic) bond motifs is 1. The van der Waals surface area contributed by atoms with Gasteiger partial charge in [0, 0.05) is 12.7 Å². The number of nitrogens with one attached hydrogen (secondary N) is 1. The van der Waals surface area contributed by atoms with E-state index in [9.17, 15) is 0 Å². The third-order valence-electron chi connectivity index (χ3n) is 2.70. The number of rotatable bonds is 2. The van der Waals surface area contributed by atoms with Crippen LogP contribution in [0.1, 0.15) is 0 Å². The fourth-order valence-electron chi connectivity index (χ4n) is 1.81. The molecule has 0 saturated carbocycles. The molecule has 1 aromatic carbocycles. The second kappa shape index (κ2) is 4.27. The standard InChI is InChI=1S/C12H10ClN5/c1-18(8-5-3-2-4-6-8)11-9-10(15-7-14-9)16-12(13)17-11/h2-7H,1H3,(H,14,15,16,17). The van der Waals surface area contributed by atoms with Crippen molar-refractivity contribution in [3.8, 4) is 0 Å². The lowest BCUT2D eigenvalue weighted by molar-refractivity contribution is 1.10. The molecule has 0 saturated heterocycles.